The van der Waals surface area contributed by atoms with Crippen molar-refractivity contribution in [1.29, 1.82) is 0 Å². The number of Topliss-reactive ketones (excluding diaryl/α,β-unsaturated/α-hetero) is 1. The third-order valence-electron chi connectivity index (χ3n) is 3.81. The van der Waals surface area contributed by atoms with Gasteiger partial charge in [0.05, 0.1) is 11.3 Å². The molecule has 0 aromatic heterocycles. The largest absolute Gasteiger partial charge is 0.297 e. The van der Waals surface area contributed by atoms with E-state index in [1.54, 1.807) is 19.1 Å². The SMILES string of the molecule is C/C=C(\C(F)=C/CC)C1(C(=O)CCl)CCCCC1. The van der Waals surface area contributed by atoms with E-state index in [0.717, 1.165) is 32.1 Å². The van der Waals surface area contributed by atoms with E-state index in [-0.39, 0.29) is 17.5 Å². The van der Waals surface area contributed by atoms with Crippen molar-refractivity contribution in [2.24, 2.45) is 5.41 Å². The Kier molecular flexibility index (Phi) is 6.07. The summed E-state index contributed by atoms with van der Waals surface area (Å²) in [4.78, 5) is 12.2. The molecule has 1 aliphatic carbocycles. The smallest absolute Gasteiger partial charge is 0.158 e. The molecule has 0 heterocycles. The second kappa shape index (κ2) is 7.08. The molecule has 0 bridgehead atoms. The summed E-state index contributed by atoms with van der Waals surface area (Å²) < 4.78 is 14.2. The molecule has 0 saturated heterocycles. The van der Waals surface area contributed by atoms with Gasteiger partial charge in [0.1, 0.15) is 5.83 Å². The molecule has 0 amide bonds. The number of hydrogen-bond acceptors (Lipinski definition) is 1. The number of ketones is 1. The van der Waals surface area contributed by atoms with Gasteiger partial charge in [-0.25, -0.2) is 4.39 Å². The van der Waals surface area contributed by atoms with Crippen LogP contribution < -0.4 is 0 Å². The summed E-state index contributed by atoms with van der Waals surface area (Å²) in [5.74, 6) is -0.312. The molecule has 1 aliphatic rings. The monoisotopic (exact) mass is 272 g/mol. The van der Waals surface area contributed by atoms with Crippen LogP contribution in [0.1, 0.15) is 52.4 Å². The lowest BCUT2D eigenvalue weighted by Crippen LogP contribution is -2.36. The lowest BCUT2D eigenvalue weighted by atomic mass is 9.66. The van der Waals surface area contributed by atoms with E-state index in [0.29, 0.717) is 12.0 Å². The summed E-state index contributed by atoms with van der Waals surface area (Å²) in [6, 6.07) is 0. The highest BCUT2D eigenvalue weighted by Gasteiger charge is 2.42. The van der Waals surface area contributed by atoms with Crippen molar-refractivity contribution in [2.75, 3.05) is 5.88 Å². The zero-order chi connectivity index (χ0) is 13.6. The molecule has 1 saturated carbocycles. The molecule has 0 atom stereocenters. The van der Waals surface area contributed by atoms with Crippen LogP contribution in [0, 0.1) is 5.41 Å². The van der Waals surface area contributed by atoms with Crippen LogP contribution in [0.15, 0.2) is 23.6 Å². The summed E-state index contributed by atoms with van der Waals surface area (Å²) >= 11 is 5.74. The van der Waals surface area contributed by atoms with Crippen molar-refractivity contribution in [3.63, 3.8) is 0 Å². The van der Waals surface area contributed by atoms with Crippen molar-refractivity contribution in [3.8, 4) is 0 Å². The van der Waals surface area contributed by atoms with Crippen molar-refractivity contribution in [3.05, 3.63) is 23.6 Å². The molecular weight excluding hydrogens is 251 g/mol. The van der Waals surface area contributed by atoms with Crippen LogP contribution in [0.25, 0.3) is 0 Å². The fraction of sp³-hybridized carbons (Fsp3) is 0.667. The van der Waals surface area contributed by atoms with Gasteiger partial charge in [0.15, 0.2) is 5.78 Å². The summed E-state index contributed by atoms with van der Waals surface area (Å²) in [6.07, 6.45) is 8.44. The molecule has 1 rings (SSSR count). The van der Waals surface area contributed by atoms with E-state index in [1.165, 1.54) is 0 Å². The van der Waals surface area contributed by atoms with Crippen molar-refractivity contribution in [2.45, 2.75) is 52.4 Å². The van der Waals surface area contributed by atoms with Gasteiger partial charge in [-0.3, -0.25) is 4.79 Å². The molecular formula is C15H22ClFO. The van der Waals surface area contributed by atoms with E-state index < -0.39 is 5.41 Å². The zero-order valence-corrected chi connectivity index (χ0v) is 12.0. The number of alkyl halides is 1. The highest BCUT2D eigenvalue weighted by Crippen LogP contribution is 2.46. The average molecular weight is 273 g/mol. The van der Waals surface area contributed by atoms with E-state index >= 15 is 0 Å². The maximum Gasteiger partial charge on any atom is 0.158 e. The average Bonchev–Trinajstić information content (AvgIpc) is 2.40. The van der Waals surface area contributed by atoms with Gasteiger partial charge < -0.3 is 0 Å². The molecule has 0 aliphatic heterocycles. The first-order valence-electron chi connectivity index (χ1n) is 6.74. The molecule has 0 aromatic carbocycles. The second-order valence-corrected chi connectivity index (χ2v) is 5.13. The topological polar surface area (TPSA) is 17.1 Å². The Hall–Kier alpha value is -0.630. The van der Waals surface area contributed by atoms with E-state index in [9.17, 15) is 9.18 Å². The Balaban J connectivity index is 3.16. The van der Waals surface area contributed by atoms with Gasteiger partial charge in [-0.1, -0.05) is 32.3 Å². The highest BCUT2D eigenvalue weighted by molar-refractivity contribution is 6.28. The Morgan fingerprint density at radius 1 is 1.33 bits per heavy atom. The van der Waals surface area contributed by atoms with Crippen LogP contribution in [0.5, 0.6) is 0 Å². The zero-order valence-electron chi connectivity index (χ0n) is 11.3. The predicted molar refractivity (Wildman–Crippen MR) is 74.5 cm³/mol. The van der Waals surface area contributed by atoms with Crippen LogP contribution in [-0.2, 0) is 4.79 Å². The van der Waals surface area contributed by atoms with Crippen LogP contribution in [0.4, 0.5) is 4.39 Å². The lowest BCUT2D eigenvalue weighted by Gasteiger charge is -2.37. The summed E-state index contributed by atoms with van der Waals surface area (Å²) in [5.41, 5.74) is -0.125. The van der Waals surface area contributed by atoms with Gasteiger partial charge in [-0.05, 0) is 37.8 Å². The Morgan fingerprint density at radius 2 is 1.94 bits per heavy atom. The first kappa shape index (κ1) is 15.4. The molecule has 0 aromatic rings. The molecule has 18 heavy (non-hydrogen) atoms. The standard InChI is InChI=1S/C15H22ClFO/c1-3-8-13(17)12(4-2)15(14(18)11-16)9-6-5-7-10-15/h4,8H,3,5-7,9-11H2,1-2H3/b12-4+,13-8+. The molecule has 3 heteroatoms. The fourth-order valence-corrected chi connectivity index (χ4v) is 3.17. The van der Waals surface area contributed by atoms with E-state index in [2.05, 4.69) is 0 Å². The number of carbonyl (C=O) groups is 1. The first-order chi connectivity index (χ1) is 8.62. The van der Waals surface area contributed by atoms with Crippen LogP contribution >= 0.6 is 11.6 Å². The summed E-state index contributed by atoms with van der Waals surface area (Å²) in [5, 5.41) is 0. The number of halogens is 2. The van der Waals surface area contributed by atoms with Gasteiger partial charge in [0, 0.05) is 0 Å². The van der Waals surface area contributed by atoms with Gasteiger partial charge >= 0.3 is 0 Å². The normalized spacial score (nSPS) is 20.9. The van der Waals surface area contributed by atoms with Gasteiger partial charge in [0.25, 0.3) is 0 Å². The van der Waals surface area contributed by atoms with Gasteiger partial charge in [-0.2, -0.15) is 0 Å². The van der Waals surface area contributed by atoms with Crippen molar-refractivity contribution >= 4 is 17.4 Å². The number of allylic oxidation sites excluding steroid dienone is 4. The Morgan fingerprint density at radius 3 is 2.39 bits per heavy atom. The minimum absolute atomic E-state index is 0.0309. The minimum Gasteiger partial charge on any atom is -0.297 e. The summed E-state index contributed by atoms with van der Waals surface area (Å²) in [6.45, 7) is 3.69. The van der Waals surface area contributed by atoms with Crippen LogP contribution in [0.2, 0.25) is 0 Å². The Labute approximate surface area is 114 Å². The molecule has 1 nitrogen and oxygen atoms in total. The first-order valence-corrected chi connectivity index (χ1v) is 7.28. The molecule has 0 radical (unpaired) electrons. The lowest BCUT2D eigenvalue weighted by molar-refractivity contribution is -0.125. The van der Waals surface area contributed by atoms with Crippen molar-refractivity contribution < 1.29 is 9.18 Å². The second-order valence-electron chi connectivity index (χ2n) is 4.86. The highest BCUT2D eigenvalue weighted by atomic mass is 35.5. The minimum atomic E-state index is -0.676. The van der Waals surface area contributed by atoms with Gasteiger partial charge in [-0.15, -0.1) is 11.6 Å². The Bertz CT molecular complexity index is 352. The summed E-state index contributed by atoms with van der Waals surface area (Å²) in [7, 11) is 0. The number of hydrogen-bond donors (Lipinski definition) is 0. The van der Waals surface area contributed by atoms with E-state index in [4.69, 9.17) is 11.6 Å². The molecule has 1 fully saturated rings. The van der Waals surface area contributed by atoms with Crippen LogP contribution in [-0.4, -0.2) is 11.7 Å². The maximum absolute atomic E-state index is 14.2. The predicted octanol–water partition coefficient (Wildman–Crippen LogP) is 4.95. The van der Waals surface area contributed by atoms with Gasteiger partial charge in [0.2, 0.25) is 0 Å². The molecule has 102 valence electrons. The van der Waals surface area contributed by atoms with Crippen molar-refractivity contribution in [1.82, 2.24) is 0 Å². The maximum atomic E-state index is 14.2. The third kappa shape index (κ3) is 3.03. The van der Waals surface area contributed by atoms with E-state index in [1.807, 2.05) is 6.92 Å². The van der Waals surface area contributed by atoms with Crippen LogP contribution in [0.3, 0.4) is 0 Å². The quantitative estimate of drug-likeness (QED) is 0.511. The fourth-order valence-electron chi connectivity index (χ4n) is 2.91. The number of carbonyl (C=O) groups excluding carboxylic acids is 1. The molecule has 0 N–H and O–H groups in total. The number of rotatable bonds is 5. The molecule has 0 spiro atoms. The third-order valence-corrected chi connectivity index (χ3v) is 4.05. The molecule has 0 unspecified atom stereocenters.